The number of hydrogen-bond donors (Lipinski definition) is 0. The zero-order valence-corrected chi connectivity index (χ0v) is 35.6. The first-order valence-electron chi connectivity index (χ1n) is 22.3. The summed E-state index contributed by atoms with van der Waals surface area (Å²) in [6.45, 7) is 0. The molecule has 0 saturated carbocycles. The molecule has 4 heterocycles. The number of allylic oxidation sites excluding steroid dienone is 4. The van der Waals surface area contributed by atoms with E-state index in [0.717, 1.165) is 101 Å². The van der Waals surface area contributed by atoms with Crippen LogP contribution in [0.3, 0.4) is 0 Å². The maximum atomic E-state index is 5.35. The molecule has 8 heteroatoms. The molecule has 8 nitrogen and oxygen atoms in total. The van der Waals surface area contributed by atoms with E-state index in [1.807, 2.05) is 78.9 Å². The van der Waals surface area contributed by atoms with Crippen LogP contribution in [0.5, 0.6) is 0 Å². The van der Waals surface area contributed by atoms with Gasteiger partial charge in [0.1, 0.15) is 0 Å². The van der Waals surface area contributed by atoms with E-state index in [-0.39, 0.29) is 0 Å². The Kier molecular flexibility index (Phi) is 8.80. The lowest BCUT2D eigenvalue weighted by Gasteiger charge is -2.32. The Morgan fingerprint density at radius 1 is 0.379 bits per heavy atom. The third-order valence-corrected chi connectivity index (χ3v) is 12.6. The minimum Gasteiger partial charge on any atom is -0.278 e. The van der Waals surface area contributed by atoms with Gasteiger partial charge >= 0.3 is 0 Å². The second-order valence-corrected chi connectivity index (χ2v) is 16.6. The molecule has 310 valence electrons. The second kappa shape index (κ2) is 15.4. The van der Waals surface area contributed by atoms with Gasteiger partial charge in [0, 0.05) is 44.0 Å². The number of fused-ring (bicyclic) bond motifs is 5. The van der Waals surface area contributed by atoms with Crippen LogP contribution >= 0.6 is 0 Å². The van der Waals surface area contributed by atoms with Gasteiger partial charge in [-0.2, -0.15) is 19.9 Å². The lowest BCUT2D eigenvalue weighted by Crippen LogP contribution is -2.19. The summed E-state index contributed by atoms with van der Waals surface area (Å²) in [5.41, 5.74) is 12.0. The van der Waals surface area contributed by atoms with Crippen molar-refractivity contribution in [1.29, 1.82) is 0 Å². The number of nitrogens with zero attached hydrogens (tertiary/aromatic N) is 8. The van der Waals surface area contributed by atoms with Crippen LogP contribution in [0.15, 0.2) is 206 Å². The molecule has 1 aliphatic carbocycles. The molecule has 0 amide bonds. The largest absolute Gasteiger partial charge is 0.278 e. The van der Waals surface area contributed by atoms with Crippen LogP contribution in [0.2, 0.25) is 0 Å². The van der Waals surface area contributed by atoms with Crippen molar-refractivity contribution < 1.29 is 0 Å². The van der Waals surface area contributed by atoms with Gasteiger partial charge < -0.3 is 0 Å². The molecule has 0 radical (unpaired) electrons. The highest BCUT2D eigenvalue weighted by Crippen LogP contribution is 2.52. The average Bonchev–Trinajstić information content (AvgIpc) is 3.72. The topological polar surface area (TPSA) is 85.5 Å². The van der Waals surface area contributed by atoms with Gasteiger partial charge in [0.05, 0.1) is 22.4 Å². The Morgan fingerprint density at radius 2 is 0.955 bits per heavy atom. The summed E-state index contributed by atoms with van der Waals surface area (Å²) in [4.78, 5) is 33.7. The van der Waals surface area contributed by atoms with Gasteiger partial charge in [0.25, 0.3) is 0 Å². The van der Waals surface area contributed by atoms with Crippen LogP contribution in [0, 0.1) is 0 Å². The summed E-state index contributed by atoms with van der Waals surface area (Å²) >= 11 is 0. The van der Waals surface area contributed by atoms with Gasteiger partial charge in [-0.3, -0.25) is 9.47 Å². The smallest absolute Gasteiger partial charge is 0.238 e. The van der Waals surface area contributed by atoms with Crippen molar-refractivity contribution in [3.63, 3.8) is 0 Å². The van der Waals surface area contributed by atoms with E-state index >= 15 is 0 Å². The normalized spacial score (nSPS) is 13.0. The van der Waals surface area contributed by atoms with Gasteiger partial charge in [-0.05, 0) is 65.3 Å². The Balaban J connectivity index is 1.14. The van der Waals surface area contributed by atoms with E-state index in [4.69, 9.17) is 29.9 Å². The van der Waals surface area contributed by atoms with Crippen molar-refractivity contribution in [2.24, 2.45) is 0 Å². The molecule has 2 aliphatic rings. The summed E-state index contributed by atoms with van der Waals surface area (Å²) < 4.78 is 2.20. The van der Waals surface area contributed by atoms with Crippen LogP contribution in [0.4, 0.5) is 17.3 Å². The lowest BCUT2D eigenvalue weighted by molar-refractivity contribution is 0.953. The SMILES string of the molecule is C1=CC(c2nc(-c3ccccc3)nc(N3c4cc5c(cc4-c4cccc6cccc3c46)c3cc(-c4ccccc4)ccc3n5-c3nc(-c4ccccc4)nc(-c4ccccc4)n3)n2)=CCC1. The molecular formula is C58H38N8. The van der Waals surface area contributed by atoms with Crippen LogP contribution in [0.25, 0.3) is 101 Å². The summed E-state index contributed by atoms with van der Waals surface area (Å²) in [7, 11) is 0. The molecule has 0 spiro atoms. The number of hydrogen-bond acceptors (Lipinski definition) is 7. The highest BCUT2D eigenvalue weighted by Gasteiger charge is 2.31. The van der Waals surface area contributed by atoms with Crippen LogP contribution in [0.1, 0.15) is 18.7 Å². The predicted octanol–water partition coefficient (Wildman–Crippen LogP) is 14.2. The van der Waals surface area contributed by atoms with Crippen molar-refractivity contribution in [3.05, 3.63) is 212 Å². The first kappa shape index (κ1) is 37.7. The van der Waals surface area contributed by atoms with Crippen LogP contribution < -0.4 is 4.90 Å². The minimum absolute atomic E-state index is 0.518. The molecule has 0 unspecified atom stereocenters. The quantitative estimate of drug-likeness (QED) is 0.158. The zero-order chi connectivity index (χ0) is 43.6. The third kappa shape index (κ3) is 6.30. The van der Waals surface area contributed by atoms with Crippen molar-refractivity contribution in [1.82, 2.24) is 34.5 Å². The molecule has 66 heavy (non-hydrogen) atoms. The molecular weight excluding hydrogens is 809 g/mol. The third-order valence-electron chi connectivity index (χ3n) is 12.6. The first-order chi connectivity index (χ1) is 32.7. The summed E-state index contributed by atoms with van der Waals surface area (Å²) in [6, 6.07) is 65.4. The van der Waals surface area contributed by atoms with Crippen LogP contribution in [-0.2, 0) is 0 Å². The van der Waals surface area contributed by atoms with Crippen molar-refractivity contribution in [2.45, 2.75) is 12.8 Å². The molecule has 1 aliphatic heterocycles. The molecule has 0 bridgehead atoms. The number of anilines is 3. The fraction of sp³-hybridized carbons (Fsp3) is 0.0345. The van der Waals surface area contributed by atoms with Gasteiger partial charge in [-0.25, -0.2) is 9.97 Å². The first-order valence-corrected chi connectivity index (χ1v) is 22.3. The summed E-state index contributed by atoms with van der Waals surface area (Å²) in [6.07, 6.45) is 8.47. The number of aromatic nitrogens is 7. The molecule has 0 N–H and O–H groups in total. The Hall–Kier alpha value is -8.88. The zero-order valence-electron chi connectivity index (χ0n) is 35.6. The van der Waals surface area contributed by atoms with Gasteiger partial charge in [0.15, 0.2) is 23.3 Å². The molecule has 11 aromatic rings. The minimum atomic E-state index is 0.518. The van der Waals surface area contributed by atoms with Crippen molar-refractivity contribution in [3.8, 4) is 62.4 Å². The lowest BCUT2D eigenvalue weighted by atomic mass is 9.90. The monoisotopic (exact) mass is 846 g/mol. The Bertz CT molecular complexity index is 3690. The predicted molar refractivity (Wildman–Crippen MR) is 267 cm³/mol. The molecule has 0 atom stereocenters. The highest BCUT2D eigenvalue weighted by atomic mass is 15.3. The molecule has 13 rings (SSSR count). The summed E-state index contributed by atoms with van der Waals surface area (Å²) in [5.74, 6) is 3.48. The maximum Gasteiger partial charge on any atom is 0.238 e. The van der Waals surface area contributed by atoms with Crippen molar-refractivity contribution >= 4 is 55.5 Å². The second-order valence-electron chi connectivity index (χ2n) is 16.6. The number of benzene rings is 8. The molecule has 0 saturated heterocycles. The molecule has 0 fully saturated rings. The maximum absolute atomic E-state index is 5.35. The van der Waals surface area contributed by atoms with E-state index < -0.39 is 0 Å². The standard InChI is InChI=1S/C58H38N8/c1-6-18-37(19-7-1)43-32-33-48-45(34-43)47-35-46-44-30-16-28-38-29-17-31-49(52(38)44)66(58-63-55(41-24-12-4-13-25-41)60-56(64-58)42-26-14-5-15-27-42)50(46)36-51(47)65(48)57-61-53(39-20-8-2-9-21-39)59-54(62-57)40-22-10-3-11-23-40/h1-4,6-14,16-36H,5,15H2. The highest BCUT2D eigenvalue weighted by molar-refractivity contribution is 6.19. The van der Waals surface area contributed by atoms with Crippen LogP contribution in [-0.4, -0.2) is 34.5 Å². The fourth-order valence-electron chi connectivity index (χ4n) is 9.54. The van der Waals surface area contributed by atoms with Crippen molar-refractivity contribution in [2.75, 3.05) is 4.90 Å². The van der Waals surface area contributed by atoms with Gasteiger partial charge in [0.2, 0.25) is 11.9 Å². The Morgan fingerprint density at radius 3 is 1.59 bits per heavy atom. The van der Waals surface area contributed by atoms with E-state index in [1.165, 1.54) is 0 Å². The van der Waals surface area contributed by atoms with Gasteiger partial charge in [-0.15, -0.1) is 0 Å². The van der Waals surface area contributed by atoms with E-state index in [1.54, 1.807) is 0 Å². The fourth-order valence-corrected chi connectivity index (χ4v) is 9.54. The number of rotatable bonds is 7. The molecule has 8 aromatic carbocycles. The van der Waals surface area contributed by atoms with E-state index in [0.29, 0.717) is 35.2 Å². The van der Waals surface area contributed by atoms with E-state index in [2.05, 4.69) is 137 Å². The van der Waals surface area contributed by atoms with Gasteiger partial charge in [-0.1, -0.05) is 176 Å². The summed E-state index contributed by atoms with van der Waals surface area (Å²) in [5, 5.41) is 4.43. The average molecular weight is 847 g/mol. The molecule has 3 aromatic heterocycles. The Labute approximate surface area is 380 Å². The van der Waals surface area contributed by atoms with E-state index in [9.17, 15) is 0 Å².